The van der Waals surface area contributed by atoms with Crippen molar-refractivity contribution in [3.63, 3.8) is 0 Å². The summed E-state index contributed by atoms with van der Waals surface area (Å²) in [5.74, 6) is 0. The van der Waals surface area contributed by atoms with Gasteiger partial charge < -0.3 is 5.32 Å². The number of alkyl halides is 4. The van der Waals surface area contributed by atoms with Crippen LogP contribution in [0.1, 0.15) is 0 Å². The molecule has 1 atom stereocenters. The van der Waals surface area contributed by atoms with Crippen molar-refractivity contribution in [1.82, 2.24) is 5.32 Å². The quantitative estimate of drug-likeness (QED) is 0.515. The molecule has 0 spiro atoms. The number of nitrogens with one attached hydrogen (secondary N) is 1. The number of allylic oxidation sites excluding steroid dienone is 2. The van der Waals surface area contributed by atoms with Gasteiger partial charge in [-0.05, 0) is 12.2 Å². The summed E-state index contributed by atoms with van der Waals surface area (Å²) in [4.78, 5) is -2.81. The molecule has 0 aromatic heterocycles. The minimum atomic E-state index is -4.71. The van der Waals surface area contributed by atoms with Crippen LogP contribution >= 0.6 is 34.8 Å². The average molecular weight is 252 g/mol. The van der Waals surface area contributed by atoms with Gasteiger partial charge in [0.2, 0.25) is 5.00 Å². The van der Waals surface area contributed by atoms with E-state index in [2.05, 4.69) is 0 Å². The summed E-state index contributed by atoms with van der Waals surface area (Å²) in [5, 5.41) is 1.07. The molecule has 1 unspecified atom stereocenters. The van der Waals surface area contributed by atoms with Gasteiger partial charge in [0.25, 0.3) is 0 Å². The van der Waals surface area contributed by atoms with Crippen LogP contribution < -0.4 is 5.32 Å². The van der Waals surface area contributed by atoms with Gasteiger partial charge in [-0.1, -0.05) is 34.8 Å². The third-order valence-corrected chi connectivity index (χ3v) is 2.63. The highest BCUT2D eigenvalue weighted by Gasteiger charge is 2.57. The summed E-state index contributed by atoms with van der Waals surface area (Å²) in [5.41, 5.74) is 0. The first-order chi connectivity index (χ1) is 5.77. The van der Waals surface area contributed by atoms with Crippen LogP contribution in [-0.2, 0) is 0 Å². The van der Waals surface area contributed by atoms with Crippen LogP contribution in [0.4, 0.5) is 13.2 Å². The van der Waals surface area contributed by atoms with E-state index in [0.29, 0.717) is 0 Å². The zero-order valence-corrected chi connectivity index (χ0v) is 8.19. The molecule has 7 heteroatoms. The van der Waals surface area contributed by atoms with Crippen molar-refractivity contribution in [2.75, 3.05) is 0 Å². The van der Waals surface area contributed by atoms with Crippen molar-refractivity contribution in [3.8, 4) is 0 Å². The van der Waals surface area contributed by atoms with Gasteiger partial charge >= 0.3 is 6.18 Å². The Balaban J connectivity index is 3.07. The second-order valence-corrected chi connectivity index (χ2v) is 3.69. The van der Waals surface area contributed by atoms with Crippen molar-refractivity contribution < 1.29 is 13.2 Å². The maximum absolute atomic E-state index is 12.3. The standard InChI is InChI=1S/C6H3Cl3F3N/c7-3-1-2-4(8)13-5(3,9)6(10,11)12/h1-2,13H. The number of rotatable bonds is 0. The van der Waals surface area contributed by atoms with Gasteiger partial charge in [-0.3, -0.25) is 0 Å². The van der Waals surface area contributed by atoms with Gasteiger partial charge in [-0.25, -0.2) is 0 Å². The topological polar surface area (TPSA) is 12.0 Å². The van der Waals surface area contributed by atoms with Crippen LogP contribution in [-0.4, -0.2) is 11.2 Å². The number of hydrogen-bond donors (Lipinski definition) is 1. The fourth-order valence-electron chi connectivity index (χ4n) is 0.733. The molecular formula is C6H3Cl3F3N. The lowest BCUT2D eigenvalue weighted by molar-refractivity contribution is -0.156. The Bertz CT molecular complexity index is 283. The van der Waals surface area contributed by atoms with Gasteiger partial charge in [0.15, 0.2) is 0 Å². The van der Waals surface area contributed by atoms with E-state index in [4.69, 9.17) is 34.8 Å². The molecule has 1 rings (SSSR count). The van der Waals surface area contributed by atoms with E-state index >= 15 is 0 Å². The maximum atomic E-state index is 12.3. The summed E-state index contributed by atoms with van der Waals surface area (Å²) >= 11 is 15.9. The molecule has 0 amide bonds. The molecule has 0 saturated carbocycles. The molecule has 0 fully saturated rings. The van der Waals surface area contributed by atoms with E-state index in [1.165, 1.54) is 6.08 Å². The first-order valence-corrected chi connectivity index (χ1v) is 4.18. The molecule has 0 radical (unpaired) electrons. The van der Waals surface area contributed by atoms with Crippen LogP contribution in [0.15, 0.2) is 22.3 Å². The SMILES string of the molecule is FC(F)(F)C1(Cl)NC(Cl)=CC=C1Cl. The fraction of sp³-hybridized carbons (Fsp3) is 0.333. The third-order valence-electron chi connectivity index (χ3n) is 1.39. The van der Waals surface area contributed by atoms with Crippen molar-refractivity contribution in [3.05, 3.63) is 22.3 Å². The van der Waals surface area contributed by atoms with Crippen LogP contribution in [0, 0.1) is 0 Å². The van der Waals surface area contributed by atoms with Gasteiger partial charge in [0.05, 0.1) is 5.03 Å². The zero-order chi connectivity index (χ0) is 10.3. The molecule has 1 aliphatic rings. The second kappa shape index (κ2) is 3.26. The molecule has 0 aromatic rings. The van der Waals surface area contributed by atoms with Crippen molar-refractivity contribution in [1.29, 1.82) is 0 Å². The van der Waals surface area contributed by atoms with Gasteiger partial charge in [0.1, 0.15) is 5.16 Å². The Kier molecular flexibility index (Phi) is 2.76. The summed E-state index contributed by atoms with van der Waals surface area (Å²) in [7, 11) is 0. The van der Waals surface area contributed by atoms with E-state index < -0.39 is 16.2 Å². The fourth-order valence-corrected chi connectivity index (χ4v) is 1.37. The minimum absolute atomic E-state index is 0.211. The minimum Gasteiger partial charge on any atom is -0.346 e. The average Bonchev–Trinajstić information content (AvgIpc) is 1.95. The molecule has 74 valence electrons. The Morgan fingerprint density at radius 1 is 1.23 bits per heavy atom. The lowest BCUT2D eigenvalue weighted by atomic mass is 10.2. The Morgan fingerprint density at radius 2 is 1.77 bits per heavy atom. The smallest absolute Gasteiger partial charge is 0.346 e. The van der Waals surface area contributed by atoms with E-state index in [9.17, 15) is 13.2 Å². The van der Waals surface area contributed by atoms with Crippen molar-refractivity contribution in [2.24, 2.45) is 0 Å². The highest BCUT2D eigenvalue weighted by Crippen LogP contribution is 2.43. The molecule has 1 aliphatic heterocycles. The first kappa shape index (κ1) is 11.0. The van der Waals surface area contributed by atoms with Crippen LogP contribution in [0.2, 0.25) is 0 Å². The van der Waals surface area contributed by atoms with E-state index in [0.717, 1.165) is 6.08 Å². The zero-order valence-electron chi connectivity index (χ0n) is 5.92. The number of halogens is 6. The molecule has 13 heavy (non-hydrogen) atoms. The van der Waals surface area contributed by atoms with E-state index in [1.807, 2.05) is 5.32 Å². The summed E-state index contributed by atoms with van der Waals surface area (Å²) in [6.07, 6.45) is -2.52. The summed E-state index contributed by atoms with van der Waals surface area (Å²) in [6.45, 7) is 0. The normalized spacial score (nSPS) is 29.1. The van der Waals surface area contributed by atoms with E-state index in [-0.39, 0.29) is 5.16 Å². The monoisotopic (exact) mass is 251 g/mol. The van der Waals surface area contributed by atoms with Crippen molar-refractivity contribution >= 4 is 34.8 Å². The Morgan fingerprint density at radius 3 is 2.15 bits per heavy atom. The van der Waals surface area contributed by atoms with E-state index in [1.54, 1.807) is 0 Å². The molecular weight excluding hydrogens is 249 g/mol. The third kappa shape index (κ3) is 1.90. The summed E-state index contributed by atoms with van der Waals surface area (Å²) < 4.78 is 37.0. The molecule has 0 aliphatic carbocycles. The lowest BCUT2D eigenvalue weighted by Crippen LogP contribution is -2.52. The van der Waals surface area contributed by atoms with Gasteiger partial charge in [-0.2, -0.15) is 13.2 Å². The highest BCUT2D eigenvalue weighted by molar-refractivity contribution is 6.41. The molecule has 1 nitrogen and oxygen atoms in total. The summed E-state index contributed by atoms with van der Waals surface area (Å²) in [6, 6.07) is 0. The number of dihydropyridines is 1. The maximum Gasteiger partial charge on any atom is 0.430 e. The molecule has 0 bridgehead atoms. The van der Waals surface area contributed by atoms with Gasteiger partial charge in [-0.15, -0.1) is 0 Å². The first-order valence-electron chi connectivity index (χ1n) is 3.04. The number of hydrogen-bond acceptors (Lipinski definition) is 1. The highest BCUT2D eigenvalue weighted by atomic mass is 35.5. The Hall–Kier alpha value is -0.0600. The molecule has 0 saturated heterocycles. The predicted octanol–water partition coefficient (Wildman–Crippen LogP) is 3.29. The van der Waals surface area contributed by atoms with Crippen LogP contribution in [0.3, 0.4) is 0 Å². The van der Waals surface area contributed by atoms with Crippen LogP contribution in [0.5, 0.6) is 0 Å². The second-order valence-electron chi connectivity index (χ2n) is 2.31. The lowest BCUT2D eigenvalue weighted by Gasteiger charge is -2.32. The molecule has 1 N–H and O–H groups in total. The largest absolute Gasteiger partial charge is 0.430 e. The molecule has 1 heterocycles. The van der Waals surface area contributed by atoms with Crippen molar-refractivity contribution in [2.45, 2.75) is 11.2 Å². The van der Waals surface area contributed by atoms with Gasteiger partial charge in [0, 0.05) is 0 Å². The van der Waals surface area contributed by atoms with Crippen LogP contribution in [0.25, 0.3) is 0 Å². The predicted molar refractivity (Wildman–Crippen MR) is 45.6 cm³/mol. The Labute approximate surface area is 87.1 Å². The molecule has 0 aromatic carbocycles.